The predicted molar refractivity (Wildman–Crippen MR) is 54.1 cm³/mol. The molecule has 0 saturated carbocycles. The van der Waals surface area contributed by atoms with Crippen LogP contribution >= 0.6 is 0 Å². The largest absolute Gasteiger partial charge is 0.416 e. The number of carbonyl (C=O) groups excluding carboxylic acids is 1. The van der Waals surface area contributed by atoms with Gasteiger partial charge in [0.15, 0.2) is 0 Å². The maximum absolute atomic E-state index is 12.7. The highest BCUT2D eigenvalue weighted by Gasteiger charge is 2.38. The van der Waals surface area contributed by atoms with Gasteiger partial charge < -0.3 is 5.73 Å². The second-order valence-corrected chi connectivity index (χ2v) is 3.92. The van der Waals surface area contributed by atoms with Crippen LogP contribution in [0.15, 0.2) is 18.2 Å². The van der Waals surface area contributed by atoms with Gasteiger partial charge >= 0.3 is 12.4 Å². The molecule has 0 unspecified atom stereocenters. The number of carbonyl (C=O) groups is 1. The van der Waals surface area contributed by atoms with Gasteiger partial charge in [-0.25, -0.2) is 0 Å². The molecule has 1 aromatic rings. The van der Waals surface area contributed by atoms with Gasteiger partial charge in [-0.05, 0) is 30.7 Å². The zero-order valence-corrected chi connectivity index (χ0v) is 9.56. The van der Waals surface area contributed by atoms with Gasteiger partial charge in [-0.3, -0.25) is 4.79 Å². The molecular weight excluding hydrogens is 276 g/mol. The summed E-state index contributed by atoms with van der Waals surface area (Å²) in [6, 6.07) is 0.926. The molecule has 1 atom stereocenters. The molecule has 0 fully saturated rings. The fraction of sp³-hybridized carbons (Fsp3) is 0.364. The van der Waals surface area contributed by atoms with Gasteiger partial charge in [0.1, 0.15) is 0 Å². The van der Waals surface area contributed by atoms with Crippen LogP contribution in [0.2, 0.25) is 0 Å². The molecule has 0 heterocycles. The van der Waals surface area contributed by atoms with E-state index in [1.54, 1.807) is 0 Å². The molecule has 0 aromatic heterocycles. The highest BCUT2D eigenvalue weighted by Crippen LogP contribution is 2.38. The van der Waals surface area contributed by atoms with Crippen molar-refractivity contribution in [3.05, 3.63) is 34.9 Å². The van der Waals surface area contributed by atoms with Gasteiger partial charge in [0, 0.05) is 0 Å². The predicted octanol–water partition coefficient (Wildman–Crippen LogP) is 3.31. The zero-order valence-electron chi connectivity index (χ0n) is 9.56. The SMILES string of the molecule is C[C@@H](C(N)=O)c1cc(C(F)(F)F)ccc1C(F)(F)F. The van der Waals surface area contributed by atoms with E-state index in [2.05, 4.69) is 0 Å². The summed E-state index contributed by atoms with van der Waals surface area (Å²) in [4.78, 5) is 10.9. The van der Waals surface area contributed by atoms with Crippen molar-refractivity contribution in [2.45, 2.75) is 25.2 Å². The molecule has 2 nitrogen and oxygen atoms in total. The summed E-state index contributed by atoms with van der Waals surface area (Å²) in [5.74, 6) is -2.61. The maximum Gasteiger partial charge on any atom is 0.416 e. The smallest absolute Gasteiger partial charge is 0.369 e. The Bertz CT molecular complexity index is 491. The lowest BCUT2D eigenvalue weighted by Crippen LogP contribution is -2.23. The number of hydrogen-bond donors (Lipinski definition) is 1. The molecule has 0 aliphatic heterocycles. The molecule has 1 amide bonds. The van der Waals surface area contributed by atoms with E-state index < -0.39 is 40.9 Å². The van der Waals surface area contributed by atoms with E-state index >= 15 is 0 Å². The minimum Gasteiger partial charge on any atom is -0.369 e. The minimum absolute atomic E-state index is 0.303. The topological polar surface area (TPSA) is 43.1 Å². The van der Waals surface area contributed by atoms with E-state index in [9.17, 15) is 31.1 Å². The maximum atomic E-state index is 12.7. The van der Waals surface area contributed by atoms with Crippen LogP contribution in [0.25, 0.3) is 0 Å². The minimum atomic E-state index is -4.86. The summed E-state index contributed by atoms with van der Waals surface area (Å²) in [5.41, 5.74) is 1.51. The van der Waals surface area contributed by atoms with Crippen LogP contribution in [0, 0.1) is 0 Å². The molecule has 1 rings (SSSR count). The van der Waals surface area contributed by atoms with Gasteiger partial charge in [0.2, 0.25) is 5.91 Å². The lowest BCUT2D eigenvalue weighted by Gasteiger charge is -2.18. The molecule has 0 saturated heterocycles. The second-order valence-electron chi connectivity index (χ2n) is 3.92. The van der Waals surface area contributed by atoms with Crippen molar-refractivity contribution in [1.82, 2.24) is 0 Å². The zero-order chi connectivity index (χ0) is 15.0. The summed E-state index contributed by atoms with van der Waals surface area (Å²) in [5, 5.41) is 0. The summed E-state index contributed by atoms with van der Waals surface area (Å²) in [6.45, 7) is 1.02. The van der Waals surface area contributed by atoms with Crippen LogP contribution in [0.5, 0.6) is 0 Å². The van der Waals surface area contributed by atoms with E-state index in [4.69, 9.17) is 5.73 Å². The number of primary amides is 1. The molecule has 1 aromatic carbocycles. The van der Waals surface area contributed by atoms with Crippen molar-refractivity contribution >= 4 is 5.91 Å². The van der Waals surface area contributed by atoms with Gasteiger partial charge in [-0.15, -0.1) is 0 Å². The van der Waals surface area contributed by atoms with Gasteiger partial charge in [-0.1, -0.05) is 0 Å². The Hall–Kier alpha value is -1.73. The fourth-order valence-corrected chi connectivity index (χ4v) is 1.51. The quantitative estimate of drug-likeness (QED) is 0.832. The number of amides is 1. The monoisotopic (exact) mass is 285 g/mol. The lowest BCUT2D eigenvalue weighted by atomic mass is 9.92. The molecular formula is C11H9F6NO. The Balaban J connectivity index is 3.48. The number of rotatable bonds is 2. The van der Waals surface area contributed by atoms with E-state index in [1.807, 2.05) is 0 Å². The summed E-state index contributed by atoms with van der Waals surface area (Å²) in [6.07, 6.45) is -9.65. The van der Waals surface area contributed by atoms with Crippen LogP contribution < -0.4 is 5.73 Å². The number of nitrogens with two attached hydrogens (primary N) is 1. The third-order valence-electron chi connectivity index (χ3n) is 2.58. The number of halogens is 6. The molecule has 0 bridgehead atoms. The Morgan fingerprint density at radius 1 is 1.11 bits per heavy atom. The van der Waals surface area contributed by atoms with Crippen molar-refractivity contribution in [2.24, 2.45) is 5.73 Å². The Morgan fingerprint density at radius 2 is 1.63 bits per heavy atom. The Kier molecular flexibility index (Phi) is 3.83. The Morgan fingerprint density at radius 3 is 2.00 bits per heavy atom. The average Bonchev–Trinajstić information content (AvgIpc) is 2.24. The number of alkyl halides is 6. The molecule has 8 heteroatoms. The average molecular weight is 285 g/mol. The van der Waals surface area contributed by atoms with E-state index in [-0.39, 0.29) is 0 Å². The summed E-state index contributed by atoms with van der Waals surface area (Å²) < 4.78 is 75.4. The number of benzene rings is 1. The first kappa shape index (κ1) is 15.3. The first-order valence-electron chi connectivity index (χ1n) is 5.02. The van der Waals surface area contributed by atoms with Crippen molar-refractivity contribution in [3.63, 3.8) is 0 Å². The lowest BCUT2D eigenvalue weighted by molar-refractivity contribution is -0.142. The Labute approximate surface area is 104 Å². The molecule has 19 heavy (non-hydrogen) atoms. The third-order valence-corrected chi connectivity index (χ3v) is 2.58. The second kappa shape index (κ2) is 4.75. The molecule has 0 aliphatic carbocycles. The van der Waals surface area contributed by atoms with Crippen LogP contribution in [-0.4, -0.2) is 5.91 Å². The highest BCUT2D eigenvalue weighted by molar-refractivity contribution is 5.82. The summed E-state index contributed by atoms with van der Waals surface area (Å²) >= 11 is 0. The molecule has 0 aliphatic rings. The molecule has 106 valence electrons. The van der Waals surface area contributed by atoms with Crippen molar-refractivity contribution in [1.29, 1.82) is 0 Å². The van der Waals surface area contributed by atoms with Gasteiger partial charge in [0.05, 0.1) is 17.0 Å². The normalized spacial score (nSPS) is 14.3. The van der Waals surface area contributed by atoms with E-state index in [0.29, 0.717) is 18.2 Å². The van der Waals surface area contributed by atoms with E-state index in [1.165, 1.54) is 0 Å². The van der Waals surface area contributed by atoms with Crippen LogP contribution in [0.4, 0.5) is 26.3 Å². The standard InChI is InChI=1S/C11H9F6NO/c1-5(9(18)19)7-4-6(10(12,13)14)2-3-8(7)11(15,16)17/h2-5H,1H3,(H2,18,19)/t5-/m1/s1. The van der Waals surface area contributed by atoms with Crippen LogP contribution in [0.1, 0.15) is 29.5 Å². The highest BCUT2D eigenvalue weighted by atomic mass is 19.4. The molecule has 2 N–H and O–H groups in total. The first-order valence-corrected chi connectivity index (χ1v) is 5.02. The van der Waals surface area contributed by atoms with E-state index in [0.717, 1.165) is 6.92 Å². The van der Waals surface area contributed by atoms with Crippen molar-refractivity contribution in [3.8, 4) is 0 Å². The van der Waals surface area contributed by atoms with Gasteiger partial charge in [0.25, 0.3) is 0 Å². The fourth-order valence-electron chi connectivity index (χ4n) is 1.51. The van der Waals surface area contributed by atoms with Crippen molar-refractivity contribution in [2.75, 3.05) is 0 Å². The number of hydrogen-bond acceptors (Lipinski definition) is 1. The molecule has 0 spiro atoms. The van der Waals surface area contributed by atoms with Crippen LogP contribution in [-0.2, 0) is 17.1 Å². The summed E-state index contributed by atoms with van der Waals surface area (Å²) in [7, 11) is 0. The first-order chi connectivity index (χ1) is 8.44. The van der Waals surface area contributed by atoms with Crippen molar-refractivity contribution < 1.29 is 31.1 Å². The molecule has 0 radical (unpaired) electrons. The van der Waals surface area contributed by atoms with Crippen LogP contribution in [0.3, 0.4) is 0 Å². The van der Waals surface area contributed by atoms with Gasteiger partial charge in [-0.2, -0.15) is 26.3 Å². The third kappa shape index (κ3) is 3.39.